The molecule has 12 heteroatoms. The molecule has 0 saturated carbocycles. The van der Waals surface area contributed by atoms with Gasteiger partial charge in [0, 0.05) is 6.92 Å². The summed E-state index contributed by atoms with van der Waals surface area (Å²) in [6.07, 6.45) is -4.98. The third kappa shape index (κ3) is 5.30. The molecule has 0 saturated heterocycles. The quantitative estimate of drug-likeness (QED) is 0.355. The fraction of sp³-hybridized carbons (Fsp3) is 0.364. The van der Waals surface area contributed by atoms with Crippen molar-refractivity contribution in [3.05, 3.63) is 29.3 Å². The summed E-state index contributed by atoms with van der Waals surface area (Å²) in [5, 5.41) is 0. The van der Waals surface area contributed by atoms with E-state index >= 15 is 0 Å². The van der Waals surface area contributed by atoms with Crippen molar-refractivity contribution in [2.75, 3.05) is 0 Å². The molecule has 0 aliphatic heterocycles. The summed E-state index contributed by atoms with van der Waals surface area (Å²) in [7, 11) is -6.14. The Kier molecular flexibility index (Phi) is 5.19. The van der Waals surface area contributed by atoms with Crippen molar-refractivity contribution in [2.24, 2.45) is 0 Å². The maximum atomic E-state index is 12.7. The minimum atomic E-state index is -6.14. The molecule has 0 heterocycles. The monoisotopic (exact) mass is 366 g/mol. The summed E-state index contributed by atoms with van der Waals surface area (Å²) in [5.41, 5.74) is -7.67. The first kappa shape index (κ1) is 19.1. The lowest BCUT2D eigenvalue weighted by Gasteiger charge is -2.14. The van der Waals surface area contributed by atoms with Crippen LogP contribution in [0.4, 0.5) is 26.3 Å². The maximum Gasteiger partial charge on any atom is 0.534 e. The van der Waals surface area contributed by atoms with Crippen LogP contribution in [0.3, 0.4) is 0 Å². The maximum absolute atomic E-state index is 12.7. The van der Waals surface area contributed by atoms with E-state index < -0.39 is 51.3 Å². The van der Waals surface area contributed by atoms with Gasteiger partial charge in [0.15, 0.2) is 0 Å². The van der Waals surface area contributed by atoms with E-state index in [0.717, 1.165) is 6.92 Å². The zero-order valence-electron chi connectivity index (χ0n) is 11.2. The number of ether oxygens (including phenoxy) is 1. The first-order valence-corrected chi connectivity index (χ1v) is 6.98. The third-order valence-corrected chi connectivity index (χ3v) is 3.20. The molecule has 0 N–H and O–H groups in total. The second-order valence-electron chi connectivity index (χ2n) is 4.13. The Morgan fingerprint density at radius 2 is 1.65 bits per heavy atom. The van der Waals surface area contributed by atoms with Gasteiger partial charge in [-0.1, -0.05) is 0 Å². The van der Waals surface area contributed by atoms with Crippen LogP contribution in [0.25, 0.3) is 0 Å². The highest BCUT2D eigenvalue weighted by atomic mass is 32.2. The van der Waals surface area contributed by atoms with Gasteiger partial charge in [0.1, 0.15) is 12.4 Å². The molecule has 5 nitrogen and oxygen atoms in total. The number of halogens is 6. The molecule has 0 unspecified atom stereocenters. The molecule has 0 aliphatic carbocycles. The summed E-state index contributed by atoms with van der Waals surface area (Å²) in [6, 6.07) is 1.15. The van der Waals surface area contributed by atoms with E-state index in [1.165, 1.54) is 0 Å². The SMILES string of the molecule is CC(=O)OCc1cc(OS(=O)(=O)C(F)(F)F)cc(C(F)(F)F)c1. The van der Waals surface area contributed by atoms with E-state index in [-0.39, 0.29) is 6.07 Å². The largest absolute Gasteiger partial charge is 0.534 e. The van der Waals surface area contributed by atoms with Gasteiger partial charge in [-0.2, -0.15) is 34.8 Å². The van der Waals surface area contributed by atoms with Crippen LogP contribution in [-0.2, 0) is 32.4 Å². The van der Waals surface area contributed by atoms with Gasteiger partial charge in [0.25, 0.3) is 0 Å². The predicted octanol–water partition coefficient (Wildman–Crippen LogP) is 3.00. The van der Waals surface area contributed by atoms with E-state index in [0.29, 0.717) is 12.1 Å². The molecule has 0 fully saturated rings. The van der Waals surface area contributed by atoms with Crippen LogP contribution in [0.5, 0.6) is 5.75 Å². The average molecular weight is 366 g/mol. The molecule has 0 radical (unpaired) electrons. The van der Waals surface area contributed by atoms with E-state index in [1.54, 1.807) is 0 Å². The molecule has 1 rings (SSSR count). The van der Waals surface area contributed by atoms with Gasteiger partial charge < -0.3 is 8.92 Å². The van der Waals surface area contributed by atoms with Crippen LogP contribution in [0.15, 0.2) is 18.2 Å². The highest BCUT2D eigenvalue weighted by Crippen LogP contribution is 2.34. The van der Waals surface area contributed by atoms with Crippen molar-refractivity contribution in [1.29, 1.82) is 0 Å². The number of alkyl halides is 6. The predicted molar refractivity (Wildman–Crippen MR) is 62.5 cm³/mol. The van der Waals surface area contributed by atoms with E-state index in [2.05, 4.69) is 8.92 Å². The van der Waals surface area contributed by atoms with E-state index in [4.69, 9.17) is 0 Å². The second-order valence-corrected chi connectivity index (χ2v) is 5.66. The summed E-state index contributed by atoms with van der Waals surface area (Å²) in [6.45, 7) is 0.251. The number of rotatable bonds is 4. The minimum Gasteiger partial charge on any atom is -0.461 e. The topological polar surface area (TPSA) is 69.7 Å². The van der Waals surface area contributed by atoms with E-state index in [9.17, 15) is 39.6 Å². The molecule has 130 valence electrons. The molecular formula is C11H8F6O5S. The third-order valence-electron chi connectivity index (χ3n) is 2.23. The van der Waals surface area contributed by atoms with Gasteiger partial charge in [-0.05, 0) is 23.8 Å². The number of carbonyl (C=O) groups is 1. The summed E-state index contributed by atoms with van der Waals surface area (Å²) >= 11 is 0. The van der Waals surface area contributed by atoms with Gasteiger partial charge in [-0.3, -0.25) is 4.79 Å². The molecule has 0 aromatic heterocycles. The van der Waals surface area contributed by atoms with Gasteiger partial charge in [0.2, 0.25) is 0 Å². The minimum absolute atomic E-state index is 0.0839. The summed E-state index contributed by atoms with van der Waals surface area (Å²) in [5.74, 6) is -2.06. The standard InChI is InChI=1S/C11H8F6O5S/c1-6(18)21-5-7-2-8(10(12,13)14)4-9(3-7)22-23(19,20)11(15,16)17/h2-4H,5H2,1H3. The Balaban J connectivity index is 3.26. The van der Waals surface area contributed by atoms with Crippen molar-refractivity contribution < 1.29 is 48.5 Å². The molecule has 0 atom stereocenters. The van der Waals surface area contributed by atoms with Gasteiger partial charge in [0.05, 0.1) is 5.56 Å². The first-order valence-electron chi connectivity index (χ1n) is 5.57. The fourth-order valence-corrected chi connectivity index (χ4v) is 1.76. The Labute approximate surface area is 125 Å². The van der Waals surface area contributed by atoms with Crippen molar-refractivity contribution in [2.45, 2.75) is 25.2 Å². The van der Waals surface area contributed by atoms with Gasteiger partial charge in [-0.25, -0.2) is 0 Å². The molecule has 0 bridgehead atoms. The number of hydrogen-bond acceptors (Lipinski definition) is 5. The van der Waals surface area contributed by atoms with Crippen LogP contribution in [0.1, 0.15) is 18.1 Å². The summed E-state index contributed by atoms with van der Waals surface area (Å²) in [4.78, 5) is 10.6. The zero-order chi connectivity index (χ0) is 18.1. The molecule has 0 amide bonds. The Morgan fingerprint density at radius 3 is 2.09 bits per heavy atom. The molecule has 1 aromatic carbocycles. The lowest BCUT2D eigenvalue weighted by atomic mass is 10.1. The Hall–Kier alpha value is -1.98. The number of esters is 1. The van der Waals surface area contributed by atoms with Crippen LogP contribution >= 0.6 is 0 Å². The van der Waals surface area contributed by atoms with Gasteiger partial charge in [-0.15, -0.1) is 0 Å². The molecule has 23 heavy (non-hydrogen) atoms. The second kappa shape index (κ2) is 6.26. The highest BCUT2D eigenvalue weighted by Gasteiger charge is 2.48. The molecular weight excluding hydrogens is 358 g/mol. The molecule has 0 aliphatic rings. The van der Waals surface area contributed by atoms with Crippen LogP contribution in [0.2, 0.25) is 0 Å². The lowest BCUT2D eigenvalue weighted by Crippen LogP contribution is -2.28. The van der Waals surface area contributed by atoms with Crippen molar-refractivity contribution in [1.82, 2.24) is 0 Å². The van der Waals surface area contributed by atoms with Crippen molar-refractivity contribution in [3.63, 3.8) is 0 Å². The average Bonchev–Trinajstić information content (AvgIpc) is 2.33. The lowest BCUT2D eigenvalue weighted by molar-refractivity contribution is -0.142. The Morgan fingerprint density at radius 1 is 1.09 bits per heavy atom. The Bertz CT molecular complexity index is 692. The van der Waals surface area contributed by atoms with Crippen LogP contribution < -0.4 is 4.18 Å². The molecule has 1 aromatic rings. The molecule has 0 spiro atoms. The van der Waals surface area contributed by atoms with Crippen molar-refractivity contribution >= 4 is 16.1 Å². The number of carbonyl (C=O) groups excluding carboxylic acids is 1. The zero-order valence-corrected chi connectivity index (χ0v) is 12.0. The van der Waals surface area contributed by atoms with E-state index in [1.807, 2.05) is 0 Å². The fourth-order valence-electron chi connectivity index (χ4n) is 1.31. The van der Waals surface area contributed by atoms with Crippen LogP contribution in [-0.4, -0.2) is 19.9 Å². The van der Waals surface area contributed by atoms with Crippen LogP contribution in [0, 0.1) is 0 Å². The normalized spacial score (nSPS) is 12.8. The number of hydrogen-bond donors (Lipinski definition) is 0. The number of benzene rings is 1. The summed E-state index contributed by atoms with van der Waals surface area (Å²) < 4.78 is 104. The smallest absolute Gasteiger partial charge is 0.461 e. The van der Waals surface area contributed by atoms with Crippen molar-refractivity contribution in [3.8, 4) is 5.75 Å². The first-order chi connectivity index (χ1) is 10.2. The van der Waals surface area contributed by atoms with Gasteiger partial charge >= 0.3 is 27.8 Å². The highest BCUT2D eigenvalue weighted by molar-refractivity contribution is 7.88.